The third-order valence-electron chi connectivity index (χ3n) is 3.10. The molecule has 5 heteroatoms. The maximum absolute atomic E-state index is 11.8. The topological polar surface area (TPSA) is 59.3 Å². The highest BCUT2D eigenvalue weighted by Crippen LogP contribution is 2.27. The second-order valence-electron chi connectivity index (χ2n) is 4.32. The molecule has 0 aromatic heterocycles. The summed E-state index contributed by atoms with van der Waals surface area (Å²) in [6.07, 6.45) is 0. The highest BCUT2D eigenvalue weighted by atomic mass is 31.0. The number of nitriles is 1. The van der Waals surface area contributed by atoms with E-state index in [1.54, 1.807) is 24.3 Å². The van der Waals surface area contributed by atoms with Crippen molar-refractivity contribution >= 4 is 20.5 Å². The number of rotatable bonds is 3. The van der Waals surface area contributed by atoms with Gasteiger partial charge in [-0.25, -0.2) is 4.79 Å². The number of methoxy groups -OCH3 is 2. The van der Waals surface area contributed by atoms with Gasteiger partial charge in [-0.1, -0.05) is 12.1 Å². The molecule has 0 spiro atoms. The van der Waals surface area contributed by atoms with Gasteiger partial charge >= 0.3 is 5.97 Å². The average molecular weight is 299 g/mol. The van der Waals surface area contributed by atoms with Gasteiger partial charge in [-0.15, -0.1) is 9.24 Å². The molecule has 0 fully saturated rings. The van der Waals surface area contributed by atoms with Crippen molar-refractivity contribution in [3.8, 4) is 22.9 Å². The van der Waals surface area contributed by atoms with Crippen molar-refractivity contribution in [3.05, 3.63) is 47.5 Å². The lowest BCUT2D eigenvalue weighted by atomic mass is 10.0. The fraction of sp³-hybridized carbons (Fsp3) is 0.125. The highest BCUT2D eigenvalue weighted by Gasteiger charge is 2.16. The van der Waals surface area contributed by atoms with E-state index in [0.29, 0.717) is 16.9 Å². The molecule has 0 aliphatic heterocycles. The summed E-state index contributed by atoms with van der Waals surface area (Å²) in [4.78, 5) is 11.8. The quantitative estimate of drug-likeness (QED) is 0.645. The summed E-state index contributed by atoms with van der Waals surface area (Å²) < 4.78 is 10.00. The molecule has 1 atom stereocenters. The van der Waals surface area contributed by atoms with Crippen LogP contribution in [-0.2, 0) is 4.74 Å². The van der Waals surface area contributed by atoms with Crippen molar-refractivity contribution in [1.29, 1.82) is 5.26 Å². The molecule has 0 N–H and O–H groups in total. The molecule has 0 saturated heterocycles. The number of ether oxygens (including phenoxy) is 2. The maximum atomic E-state index is 11.8. The zero-order valence-corrected chi connectivity index (χ0v) is 12.9. The minimum absolute atomic E-state index is 0.366. The van der Waals surface area contributed by atoms with Gasteiger partial charge in [-0.3, -0.25) is 0 Å². The highest BCUT2D eigenvalue weighted by molar-refractivity contribution is 7.28. The summed E-state index contributed by atoms with van der Waals surface area (Å²) in [5.74, 6) is 0.0102. The van der Waals surface area contributed by atoms with Crippen LogP contribution in [0.5, 0.6) is 5.75 Å². The molecule has 0 amide bonds. The van der Waals surface area contributed by atoms with E-state index in [4.69, 9.17) is 14.7 Å². The van der Waals surface area contributed by atoms with E-state index < -0.39 is 5.97 Å². The second kappa shape index (κ2) is 6.39. The molecule has 0 bridgehead atoms. The second-order valence-corrected chi connectivity index (χ2v) is 4.94. The van der Waals surface area contributed by atoms with E-state index in [1.807, 2.05) is 12.1 Å². The lowest BCUT2D eigenvalue weighted by Gasteiger charge is -2.12. The Kier molecular flexibility index (Phi) is 4.57. The Morgan fingerprint density at radius 1 is 1.19 bits per heavy atom. The molecular formula is C16H14NO3P. The van der Waals surface area contributed by atoms with E-state index in [0.717, 1.165) is 16.4 Å². The SMILES string of the molecule is COC(=O)c1cc(-c2ccc(C#N)cc2)c(P)cc1OC. The smallest absolute Gasteiger partial charge is 0.341 e. The number of hydrogen-bond acceptors (Lipinski definition) is 4. The molecule has 0 aliphatic carbocycles. The Balaban J connectivity index is 2.57. The molecule has 21 heavy (non-hydrogen) atoms. The number of hydrogen-bond donors (Lipinski definition) is 0. The molecule has 0 radical (unpaired) electrons. The van der Waals surface area contributed by atoms with Crippen molar-refractivity contribution in [1.82, 2.24) is 0 Å². The third-order valence-corrected chi connectivity index (χ3v) is 3.58. The Bertz CT molecular complexity index is 718. The van der Waals surface area contributed by atoms with Crippen molar-refractivity contribution in [2.24, 2.45) is 0 Å². The van der Waals surface area contributed by atoms with Gasteiger partial charge in [0, 0.05) is 0 Å². The Morgan fingerprint density at radius 3 is 2.38 bits per heavy atom. The predicted molar refractivity (Wildman–Crippen MR) is 83.8 cm³/mol. The summed E-state index contributed by atoms with van der Waals surface area (Å²) >= 11 is 0. The summed E-state index contributed by atoms with van der Waals surface area (Å²) in [5.41, 5.74) is 2.73. The molecular weight excluding hydrogens is 285 g/mol. The van der Waals surface area contributed by atoms with Crippen LogP contribution in [0.1, 0.15) is 15.9 Å². The first-order valence-corrected chi connectivity index (χ1v) is 6.74. The molecule has 0 aliphatic rings. The van der Waals surface area contributed by atoms with Gasteiger partial charge in [0.25, 0.3) is 0 Å². The predicted octanol–water partition coefficient (Wildman–Crippen LogP) is 2.52. The van der Waals surface area contributed by atoms with Crippen LogP contribution in [0.4, 0.5) is 0 Å². The monoisotopic (exact) mass is 299 g/mol. The van der Waals surface area contributed by atoms with Gasteiger partial charge < -0.3 is 9.47 Å². The van der Waals surface area contributed by atoms with Crippen LogP contribution in [0, 0.1) is 11.3 Å². The van der Waals surface area contributed by atoms with Crippen molar-refractivity contribution in [2.75, 3.05) is 14.2 Å². The Morgan fingerprint density at radius 2 is 1.86 bits per heavy atom. The van der Waals surface area contributed by atoms with Gasteiger partial charge in [-0.2, -0.15) is 5.26 Å². The molecule has 2 aromatic carbocycles. The van der Waals surface area contributed by atoms with E-state index in [2.05, 4.69) is 15.3 Å². The number of benzene rings is 2. The summed E-state index contributed by atoms with van der Waals surface area (Å²) in [5, 5.41) is 9.73. The first kappa shape index (κ1) is 15.0. The van der Waals surface area contributed by atoms with Crippen LogP contribution in [-0.4, -0.2) is 20.2 Å². The minimum atomic E-state index is -0.452. The summed E-state index contributed by atoms with van der Waals surface area (Å²) in [7, 11) is 5.46. The number of nitrogens with zero attached hydrogens (tertiary/aromatic N) is 1. The van der Waals surface area contributed by atoms with Crippen LogP contribution in [0.15, 0.2) is 36.4 Å². The van der Waals surface area contributed by atoms with Gasteiger partial charge in [0.2, 0.25) is 0 Å². The van der Waals surface area contributed by atoms with Gasteiger partial charge in [0.05, 0.1) is 25.9 Å². The number of carbonyl (C=O) groups excluding carboxylic acids is 1. The van der Waals surface area contributed by atoms with Crippen LogP contribution in [0.3, 0.4) is 0 Å². The maximum Gasteiger partial charge on any atom is 0.341 e. The van der Waals surface area contributed by atoms with Crippen molar-refractivity contribution < 1.29 is 14.3 Å². The molecule has 2 rings (SSSR count). The van der Waals surface area contributed by atoms with Crippen LogP contribution < -0.4 is 10.0 Å². The van der Waals surface area contributed by atoms with Gasteiger partial charge in [0.15, 0.2) is 0 Å². The first-order chi connectivity index (χ1) is 10.1. The van der Waals surface area contributed by atoms with E-state index in [-0.39, 0.29) is 0 Å². The van der Waals surface area contributed by atoms with E-state index in [9.17, 15) is 4.79 Å². The standard InChI is InChI=1S/C16H14NO3P/c1-19-14-8-15(21)12(7-13(14)16(18)20-2)11-5-3-10(9-17)4-6-11/h3-8H,21H2,1-2H3. The van der Waals surface area contributed by atoms with Gasteiger partial charge in [0.1, 0.15) is 11.3 Å². The molecule has 106 valence electrons. The normalized spacial score (nSPS) is 9.81. The minimum Gasteiger partial charge on any atom is -0.496 e. The average Bonchev–Trinajstić information content (AvgIpc) is 2.53. The molecule has 0 heterocycles. The zero-order valence-electron chi connectivity index (χ0n) is 11.7. The summed E-state index contributed by atoms with van der Waals surface area (Å²) in [6.45, 7) is 0. The lowest BCUT2D eigenvalue weighted by molar-refractivity contribution is 0.0597. The first-order valence-electron chi connectivity index (χ1n) is 6.17. The third kappa shape index (κ3) is 3.04. The van der Waals surface area contributed by atoms with Crippen molar-refractivity contribution in [3.63, 3.8) is 0 Å². The van der Waals surface area contributed by atoms with Crippen molar-refractivity contribution in [2.45, 2.75) is 0 Å². The van der Waals surface area contributed by atoms with Crippen LogP contribution in [0.2, 0.25) is 0 Å². The summed E-state index contributed by atoms with van der Waals surface area (Å²) in [6, 6.07) is 12.7. The van der Waals surface area contributed by atoms with E-state index in [1.165, 1.54) is 14.2 Å². The van der Waals surface area contributed by atoms with Crippen LogP contribution in [0.25, 0.3) is 11.1 Å². The number of esters is 1. The lowest BCUT2D eigenvalue weighted by Crippen LogP contribution is -2.08. The molecule has 0 saturated carbocycles. The fourth-order valence-electron chi connectivity index (χ4n) is 2.01. The fourth-order valence-corrected chi connectivity index (χ4v) is 2.41. The Hall–Kier alpha value is -2.37. The van der Waals surface area contributed by atoms with E-state index >= 15 is 0 Å². The zero-order chi connectivity index (χ0) is 15.4. The number of carbonyl (C=O) groups is 1. The molecule has 1 unspecified atom stereocenters. The van der Waals surface area contributed by atoms with Crippen LogP contribution >= 0.6 is 9.24 Å². The molecule has 2 aromatic rings. The molecule has 4 nitrogen and oxygen atoms in total. The largest absolute Gasteiger partial charge is 0.496 e. The Labute approximate surface area is 125 Å². The van der Waals surface area contributed by atoms with Gasteiger partial charge in [-0.05, 0) is 40.7 Å².